The zero-order chi connectivity index (χ0) is 26.0. The first-order valence-corrected chi connectivity index (χ1v) is 12.7. The number of fused-ring (bicyclic) bond motifs is 2. The Morgan fingerprint density at radius 1 is 1.11 bits per heavy atom. The monoisotopic (exact) mass is 565 g/mol. The van der Waals surface area contributed by atoms with E-state index in [1.54, 1.807) is 6.08 Å². The van der Waals surface area contributed by atoms with Gasteiger partial charge in [0.15, 0.2) is 11.5 Å². The van der Waals surface area contributed by atoms with Crippen LogP contribution in [0, 0.1) is 17.8 Å². The summed E-state index contributed by atoms with van der Waals surface area (Å²) in [6.07, 6.45) is 3.82. The lowest BCUT2D eigenvalue weighted by Gasteiger charge is -2.54. The van der Waals surface area contributed by atoms with Gasteiger partial charge >= 0.3 is 6.03 Å². The molecule has 4 aliphatic heterocycles. The van der Waals surface area contributed by atoms with Gasteiger partial charge in [0.1, 0.15) is 0 Å². The van der Waals surface area contributed by atoms with Crippen molar-refractivity contribution in [3.63, 3.8) is 0 Å². The molecule has 5 unspecified atom stereocenters. The number of hydrogen-bond acceptors (Lipinski definition) is 7. The van der Waals surface area contributed by atoms with E-state index in [2.05, 4.69) is 27.4 Å². The summed E-state index contributed by atoms with van der Waals surface area (Å²) in [6, 6.07) is 9.39. The van der Waals surface area contributed by atoms with E-state index in [0.717, 1.165) is 26.7 Å². The van der Waals surface area contributed by atoms with Gasteiger partial charge in [0.05, 0.1) is 18.4 Å². The summed E-state index contributed by atoms with van der Waals surface area (Å²) < 4.78 is 11.9. The molecule has 190 valence electrons. The van der Waals surface area contributed by atoms with E-state index < -0.39 is 41.6 Å². The highest BCUT2D eigenvalue weighted by molar-refractivity contribution is 9.10. The summed E-state index contributed by atoms with van der Waals surface area (Å²) in [6.45, 7) is 4.59. The second-order valence-electron chi connectivity index (χ2n) is 9.59. The van der Waals surface area contributed by atoms with Crippen LogP contribution in [0.2, 0.25) is 0 Å². The number of carbonyl (C=O) groups excluding carboxylic acids is 3. The quantitative estimate of drug-likeness (QED) is 0.422. The van der Waals surface area contributed by atoms with Crippen LogP contribution in [0.5, 0.6) is 11.5 Å². The van der Waals surface area contributed by atoms with Crippen LogP contribution in [0.1, 0.15) is 16.7 Å². The zero-order valence-electron chi connectivity index (χ0n) is 19.7. The van der Waals surface area contributed by atoms with E-state index in [0.29, 0.717) is 22.9 Å². The molecule has 5 aliphatic rings. The number of nitrogens with zero attached hydrogens (tertiary/aromatic N) is 2. The number of ether oxygens (including phenoxy) is 2. The fourth-order valence-corrected chi connectivity index (χ4v) is 6.67. The number of urea groups is 1. The average Bonchev–Trinajstić information content (AvgIpc) is 3.45. The smallest absolute Gasteiger partial charge is 0.328 e. The molecule has 3 N–H and O–H groups in total. The molecular formula is C27H24BrN3O6. The van der Waals surface area contributed by atoms with Gasteiger partial charge in [0.2, 0.25) is 18.6 Å². The van der Waals surface area contributed by atoms with Gasteiger partial charge in [-0.2, -0.15) is 4.90 Å². The van der Waals surface area contributed by atoms with Crippen LogP contribution in [-0.2, 0) is 22.7 Å². The molecule has 5 atom stereocenters. The molecule has 9 nitrogen and oxygen atoms in total. The van der Waals surface area contributed by atoms with Crippen LogP contribution in [-0.4, -0.2) is 51.6 Å². The molecule has 10 heteroatoms. The number of aliphatic hydroxyl groups excluding tert-OH is 1. The second-order valence-corrected chi connectivity index (χ2v) is 10.4. The van der Waals surface area contributed by atoms with Crippen LogP contribution in [0.3, 0.4) is 0 Å². The highest BCUT2D eigenvalue weighted by Gasteiger charge is 2.64. The van der Waals surface area contributed by atoms with Crippen molar-refractivity contribution in [2.75, 3.05) is 6.79 Å². The molecule has 1 aliphatic carbocycles. The number of piperidine rings is 1. The van der Waals surface area contributed by atoms with Crippen LogP contribution < -0.4 is 15.2 Å². The van der Waals surface area contributed by atoms with Crippen molar-refractivity contribution in [3.05, 3.63) is 76.3 Å². The third-order valence-corrected chi connectivity index (χ3v) is 8.56. The number of aliphatic hydroxyl groups is 1. The van der Waals surface area contributed by atoms with Crippen LogP contribution in [0.25, 0.3) is 5.57 Å². The zero-order valence-corrected chi connectivity index (χ0v) is 21.3. The molecule has 4 heterocycles. The van der Waals surface area contributed by atoms with Crippen molar-refractivity contribution in [1.29, 1.82) is 0 Å². The molecule has 2 aromatic carbocycles. The number of halogens is 1. The Labute approximate surface area is 221 Å². The van der Waals surface area contributed by atoms with Gasteiger partial charge in [0.25, 0.3) is 0 Å². The molecule has 2 fully saturated rings. The van der Waals surface area contributed by atoms with Crippen LogP contribution >= 0.6 is 15.9 Å². The maximum absolute atomic E-state index is 13.4. The normalized spacial score (nSPS) is 27.9. The van der Waals surface area contributed by atoms with Crippen molar-refractivity contribution in [2.24, 2.45) is 23.5 Å². The molecule has 2 bridgehead atoms. The van der Waals surface area contributed by atoms with Gasteiger partial charge in [-0.05, 0) is 34.4 Å². The molecule has 0 aromatic heterocycles. The first-order chi connectivity index (χ1) is 17.8. The molecule has 0 radical (unpaired) electrons. The Morgan fingerprint density at radius 2 is 1.78 bits per heavy atom. The Bertz CT molecular complexity index is 1370. The molecule has 37 heavy (non-hydrogen) atoms. The lowest BCUT2D eigenvalue weighted by molar-refractivity contribution is -0.136. The Balaban J connectivity index is 1.46. The minimum absolute atomic E-state index is 0.0793. The first-order valence-electron chi connectivity index (χ1n) is 11.9. The number of primary amides is 1. The third kappa shape index (κ3) is 3.54. The van der Waals surface area contributed by atoms with Gasteiger partial charge < -0.3 is 20.3 Å². The Morgan fingerprint density at radius 3 is 2.43 bits per heavy atom. The van der Waals surface area contributed by atoms with Gasteiger partial charge in [-0.3, -0.25) is 14.5 Å². The van der Waals surface area contributed by atoms with Crippen molar-refractivity contribution >= 4 is 39.3 Å². The molecule has 0 saturated carbocycles. The fourth-order valence-electron chi connectivity index (χ4n) is 6.22. The molecule has 2 saturated heterocycles. The van der Waals surface area contributed by atoms with Gasteiger partial charge in [-0.15, -0.1) is 6.58 Å². The maximum atomic E-state index is 13.4. The van der Waals surface area contributed by atoms with Crippen molar-refractivity contribution in [2.45, 2.75) is 25.2 Å². The minimum atomic E-state index is -1.06. The van der Waals surface area contributed by atoms with E-state index in [1.165, 1.54) is 0 Å². The number of rotatable bonds is 5. The largest absolute Gasteiger partial charge is 0.454 e. The first kappa shape index (κ1) is 23.9. The standard InChI is InChI=1S/C27H24BrN3O6/c1-2-18-22-16(14-5-3-13(11-32)4-6-14)8-19(23-24(22)26(34)31(25(23)33)27(29)35)30(18)10-15-7-20-21(9-17(15)28)37-12-36-20/h2-9,18-19,22-24,32H,1,10-12H2,(H2,29,35). The predicted molar refractivity (Wildman–Crippen MR) is 136 cm³/mol. The second kappa shape index (κ2) is 8.83. The summed E-state index contributed by atoms with van der Waals surface area (Å²) in [4.78, 5) is 41.6. The summed E-state index contributed by atoms with van der Waals surface area (Å²) in [5.41, 5.74) is 8.95. The SMILES string of the molecule is C=CC1C2C(c3ccc(CO)cc3)=CC(C3C(=O)N(C(N)=O)C(=O)C32)N1Cc1cc2c(cc1Br)OCO2. The lowest BCUT2D eigenvalue weighted by Crippen LogP contribution is -2.61. The number of carbonyl (C=O) groups is 3. The highest BCUT2D eigenvalue weighted by atomic mass is 79.9. The Kier molecular flexibility index (Phi) is 5.70. The van der Waals surface area contributed by atoms with Crippen LogP contribution in [0.4, 0.5) is 4.79 Å². The van der Waals surface area contributed by atoms with Crippen molar-refractivity contribution < 1.29 is 29.0 Å². The van der Waals surface area contributed by atoms with Crippen molar-refractivity contribution in [3.8, 4) is 11.5 Å². The molecular weight excluding hydrogens is 542 g/mol. The molecule has 4 amide bonds. The number of nitrogens with two attached hydrogens (primary N) is 1. The minimum Gasteiger partial charge on any atom is -0.454 e. The molecule has 7 rings (SSSR count). The number of benzene rings is 2. The average molecular weight is 566 g/mol. The summed E-state index contributed by atoms with van der Waals surface area (Å²) in [5, 5.41) is 9.46. The summed E-state index contributed by atoms with van der Waals surface area (Å²) in [5.74, 6) is -1.75. The van der Waals surface area contributed by atoms with E-state index in [9.17, 15) is 19.5 Å². The van der Waals surface area contributed by atoms with E-state index in [1.807, 2.05) is 42.5 Å². The Hall–Kier alpha value is -3.47. The van der Waals surface area contributed by atoms with E-state index >= 15 is 0 Å². The number of hydrogen-bond donors (Lipinski definition) is 2. The van der Waals surface area contributed by atoms with Gasteiger partial charge in [-0.1, -0.05) is 52.3 Å². The van der Waals surface area contributed by atoms with Crippen molar-refractivity contribution in [1.82, 2.24) is 9.80 Å². The fraction of sp³-hybridized carbons (Fsp3) is 0.296. The number of likely N-dealkylation sites (tertiary alicyclic amines) is 1. The van der Waals surface area contributed by atoms with Gasteiger partial charge in [0, 0.05) is 29.0 Å². The van der Waals surface area contributed by atoms with Crippen LogP contribution in [0.15, 0.2) is 59.6 Å². The number of imide groups is 3. The molecule has 0 spiro atoms. The third-order valence-electron chi connectivity index (χ3n) is 7.82. The number of amides is 4. The topological polar surface area (TPSA) is 122 Å². The highest BCUT2D eigenvalue weighted by Crippen LogP contribution is 2.54. The van der Waals surface area contributed by atoms with E-state index in [4.69, 9.17) is 15.2 Å². The maximum Gasteiger partial charge on any atom is 0.328 e. The van der Waals surface area contributed by atoms with E-state index in [-0.39, 0.29) is 19.4 Å². The summed E-state index contributed by atoms with van der Waals surface area (Å²) in [7, 11) is 0. The summed E-state index contributed by atoms with van der Waals surface area (Å²) >= 11 is 3.63. The van der Waals surface area contributed by atoms with Gasteiger partial charge in [-0.25, -0.2) is 4.79 Å². The molecule has 2 aromatic rings. The predicted octanol–water partition coefficient (Wildman–Crippen LogP) is 2.80. The lowest BCUT2D eigenvalue weighted by atomic mass is 9.61.